The van der Waals surface area contributed by atoms with Gasteiger partial charge in [0.1, 0.15) is 11.6 Å². The molecule has 2 N–H and O–H groups in total. The van der Waals surface area contributed by atoms with Crippen LogP contribution in [-0.2, 0) is 4.79 Å². The third kappa shape index (κ3) is 4.61. The maximum Gasteiger partial charge on any atom is 0.238 e. The molecule has 1 atom stereocenters. The second kappa shape index (κ2) is 7.47. The number of rotatable bonds is 5. The fourth-order valence-corrected chi connectivity index (χ4v) is 2.38. The molecule has 3 nitrogen and oxygen atoms in total. The topological polar surface area (TPSA) is 41.1 Å². The van der Waals surface area contributed by atoms with Crippen LogP contribution in [-0.4, -0.2) is 12.5 Å². The lowest BCUT2D eigenvalue weighted by Gasteiger charge is -2.15. The highest BCUT2D eigenvalue weighted by Crippen LogP contribution is 2.18. The van der Waals surface area contributed by atoms with Crippen LogP contribution in [0.15, 0.2) is 46.9 Å². The molecule has 0 aliphatic carbocycles. The Morgan fingerprint density at radius 2 is 2.00 bits per heavy atom. The van der Waals surface area contributed by atoms with Crippen molar-refractivity contribution in [3.8, 4) is 0 Å². The van der Waals surface area contributed by atoms with E-state index in [1.165, 1.54) is 12.1 Å². The normalized spacial score (nSPS) is 12.0. The number of carbonyl (C=O) groups excluding carboxylic acids is 1. The minimum absolute atomic E-state index is 0.0183. The van der Waals surface area contributed by atoms with Crippen molar-refractivity contribution in [2.45, 2.75) is 13.0 Å². The molecule has 0 aliphatic rings. The van der Waals surface area contributed by atoms with E-state index < -0.39 is 17.7 Å². The number of amides is 1. The molecule has 0 bridgehead atoms. The smallest absolute Gasteiger partial charge is 0.238 e. The van der Waals surface area contributed by atoms with Crippen molar-refractivity contribution >= 4 is 27.5 Å². The van der Waals surface area contributed by atoms with Gasteiger partial charge < -0.3 is 10.6 Å². The van der Waals surface area contributed by atoms with Crippen LogP contribution >= 0.6 is 15.9 Å². The van der Waals surface area contributed by atoms with Crippen LogP contribution < -0.4 is 10.6 Å². The van der Waals surface area contributed by atoms with Gasteiger partial charge in [-0.3, -0.25) is 4.79 Å². The Morgan fingerprint density at radius 1 is 1.23 bits per heavy atom. The standard InChI is InChI=1S/C16H15BrF2N2O/c1-10(14-6-5-12(18)8-15(14)19)20-9-16(22)21-13-4-2-3-11(17)7-13/h2-8,10,20H,9H2,1H3,(H,21,22)/t10-/m0/s1. The summed E-state index contributed by atoms with van der Waals surface area (Å²) in [6, 6.07) is 10.2. The van der Waals surface area contributed by atoms with Crippen molar-refractivity contribution in [1.82, 2.24) is 5.32 Å². The van der Waals surface area contributed by atoms with Crippen LogP contribution in [0.4, 0.5) is 14.5 Å². The number of benzene rings is 2. The molecule has 0 aromatic heterocycles. The van der Waals surface area contributed by atoms with Crippen molar-refractivity contribution < 1.29 is 13.6 Å². The predicted molar refractivity (Wildman–Crippen MR) is 85.5 cm³/mol. The van der Waals surface area contributed by atoms with Gasteiger partial charge >= 0.3 is 0 Å². The van der Waals surface area contributed by atoms with Gasteiger partial charge in [-0.15, -0.1) is 0 Å². The molecule has 22 heavy (non-hydrogen) atoms. The Labute approximate surface area is 135 Å². The monoisotopic (exact) mass is 368 g/mol. The highest BCUT2D eigenvalue weighted by atomic mass is 79.9. The maximum absolute atomic E-state index is 13.6. The summed E-state index contributed by atoms with van der Waals surface area (Å²) in [6.07, 6.45) is 0. The van der Waals surface area contributed by atoms with E-state index in [4.69, 9.17) is 0 Å². The average Bonchev–Trinajstić information content (AvgIpc) is 2.45. The van der Waals surface area contributed by atoms with E-state index >= 15 is 0 Å². The lowest BCUT2D eigenvalue weighted by molar-refractivity contribution is -0.115. The molecule has 0 fully saturated rings. The first-order valence-corrected chi connectivity index (χ1v) is 7.49. The summed E-state index contributed by atoms with van der Waals surface area (Å²) in [6.45, 7) is 1.73. The van der Waals surface area contributed by atoms with Crippen molar-refractivity contribution in [3.05, 3.63) is 64.1 Å². The molecule has 1 amide bonds. The van der Waals surface area contributed by atoms with Crippen LogP contribution in [0, 0.1) is 11.6 Å². The summed E-state index contributed by atoms with van der Waals surface area (Å²) in [4.78, 5) is 11.9. The SMILES string of the molecule is C[C@H](NCC(=O)Nc1cccc(Br)c1)c1ccc(F)cc1F. The van der Waals surface area contributed by atoms with Gasteiger partial charge in [0.05, 0.1) is 6.54 Å². The van der Waals surface area contributed by atoms with Crippen LogP contribution in [0.3, 0.4) is 0 Å². The first kappa shape index (κ1) is 16.6. The highest BCUT2D eigenvalue weighted by molar-refractivity contribution is 9.10. The zero-order valence-electron chi connectivity index (χ0n) is 11.9. The quantitative estimate of drug-likeness (QED) is 0.836. The molecule has 2 rings (SSSR count). The summed E-state index contributed by atoms with van der Waals surface area (Å²) < 4.78 is 27.4. The molecule has 2 aromatic rings. The van der Waals surface area contributed by atoms with E-state index in [0.29, 0.717) is 11.3 Å². The van der Waals surface area contributed by atoms with E-state index in [1.54, 1.807) is 19.1 Å². The van der Waals surface area contributed by atoms with Gasteiger partial charge in [-0.2, -0.15) is 0 Å². The molecule has 0 radical (unpaired) electrons. The van der Waals surface area contributed by atoms with Crippen LogP contribution in [0.25, 0.3) is 0 Å². The number of nitrogens with one attached hydrogen (secondary N) is 2. The third-order valence-corrected chi connectivity index (χ3v) is 3.60. The van der Waals surface area contributed by atoms with Gasteiger partial charge in [0.25, 0.3) is 0 Å². The van der Waals surface area contributed by atoms with Gasteiger partial charge in [-0.05, 0) is 31.2 Å². The lowest BCUT2D eigenvalue weighted by Crippen LogP contribution is -2.30. The first-order chi connectivity index (χ1) is 10.5. The average molecular weight is 369 g/mol. The van der Waals surface area contributed by atoms with E-state index in [1.807, 2.05) is 12.1 Å². The van der Waals surface area contributed by atoms with Gasteiger partial charge in [0.2, 0.25) is 5.91 Å². The lowest BCUT2D eigenvalue weighted by atomic mass is 10.1. The highest BCUT2D eigenvalue weighted by Gasteiger charge is 2.12. The van der Waals surface area contributed by atoms with Gasteiger partial charge in [0, 0.05) is 27.8 Å². The van der Waals surface area contributed by atoms with Crippen molar-refractivity contribution in [2.75, 3.05) is 11.9 Å². The summed E-state index contributed by atoms with van der Waals surface area (Å²) in [5, 5.41) is 5.64. The maximum atomic E-state index is 13.6. The second-order valence-corrected chi connectivity index (χ2v) is 5.74. The molecule has 116 valence electrons. The van der Waals surface area contributed by atoms with Gasteiger partial charge in [0.15, 0.2) is 0 Å². The second-order valence-electron chi connectivity index (χ2n) is 4.83. The van der Waals surface area contributed by atoms with Gasteiger partial charge in [-0.1, -0.05) is 28.1 Å². The predicted octanol–water partition coefficient (Wildman–Crippen LogP) is 4.02. The third-order valence-electron chi connectivity index (χ3n) is 3.11. The number of anilines is 1. The Balaban J connectivity index is 1.90. The van der Waals surface area contributed by atoms with Crippen LogP contribution in [0.2, 0.25) is 0 Å². The number of hydrogen-bond donors (Lipinski definition) is 2. The molecular weight excluding hydrogens is 354 g/mol. The van der Waals surface area contributed by atoms with Crippen LogP contribution in [0.5, 0.6) is 0 Å². The Morgan fingerprint density at radius 3 is 2.68 bits per heavy atom. The molecule has 6 heteroatoms. The molecule has 0 saturated carbocycles. The zero-order chi connectivity index (χ0) is 16.1. The summed E-state index contributed by atoms with van der Waals surface area (Å²) in [7, 11) is 0. The minimum Gasteiger partial charge on any atom is -0.325 e. The molecule has 0 saturated heterocycles. The minimum atomic E-state index is -0.632. The van der Waals surface area contributed by atoms with E-state index in [0.717, 1.165) is 10.5 Å². The molecular formula is C16H15BrF2N2O. The molecule has 0 aliphatic heterocycles. The Bertz CT molecular complexity index is 679. The molecule has 0 unspecified atom stereocenters. The summed E-state index contributed by atoms with van der Waals surface area (Å²) in [5.74, 6) is -1.50. The first-order valence-electron chi connectivity index (χ1n) is 6.69. The zero-order valence-corrected chi connectivity index (χ0v) is 13.5. The molecule has 0 heterocycles. The number of carbonyl (C=O) groups is 1. The Hall–Kier alpha value is -1.79. The largest absolute Gasteiger partial charge is 0.325 e. The number of hydrogen-bond acceptors (Lipinski definition) is 2. The summed E-state index contributed by atoms with van der Waals surface area (Å²) in [5.41, 5.74) is 0.985. The fraction of sp³-hybridized carbons (Fsp3) is 0.188. The van der Waals surface area contributed by atoms with Crippen molar-refractivity contribution in [3.63, 3.8) is 0 Å². The van der Waals surface area contributed by atoms with E-state index in [-0.39, 0.29) is 12.5 Å². The van der Waals surface area contributed by atoms with E-state index in [9.17, 15) is 13.6 Å². The Kier molecular flexibility index (Phi) is 5.63. The molecule has 2 aromatic carbocycles. The fourth-order valence-electron chi connectivity index (χ4n) is 1.98. The molecule has 0 spiro atoms. The van der Waals surface area contributed by atoms with Crippen molar-refractivity contribution in [1.29, 1.82) is 0 Å². The summed E-state index contributed by atoms with van der Waals surface area (Å²) >= 11 is 3.32. The van der Waals surface area contributed by atoms with Gasteiger partial charge in [-0.25, -0.2) is 8.78 Å². The van der Waals surface area contributed by atoms with E-state index in [2.05, 4.69) is 26.6 Å². The van der Waals surface area contributed by atoms with Crippen molar-refractivity contribution in [2.24, 2.45) is 0 Å². The van der Waals surface area contributed by atoms with Crippen LogP contribution in [0.1, 0.15) is 18.5 Å². The number of halogens is 3.